The minimum absolute atomic E-state index is 0.0662. The van der Waals surface area contributed by atoms with Crippen LogP contribution in [-0.4, -0.2) is 52.5 Å². The highest BCUT2D eigenvalue weighted by Gasteiger charge is 2.28. The molecule has 2 aromatic rings. The molecule has 7 nitrogen and oxygen atoms in total. The van der Waals surface area contributed by atoms with E-state index >= 15 is 0 Å². The SMILES string of the molecule is CCNC(=NCCC(=O)Nc1cccc(Cl)c1C)N1CCC(C)C(n2ccnc2)C1. The molecule has 1 saturated heterocycles. The summed E-state index contributed by atoms with van der Waals surface area (Å²) in [7, 11) is 0. The van der Waals surface area contributed by atoms with Crippen LogP contribution in [0.3, 0.4) is 0 Å². The fraction of sp³-hybridized carbons (Fsp3) is 0.500. The molecule has 0 saturated carbocycles. The monoisotopic (exact) mass is 430 g/mol. The first-order valence-corrected chi connectivity index (χ1v) is 10.9. The number of halogens is 1. The number of guanidine groups is 1. The Labute approximate surface area is 183 Å². The number of carbonyl (C=O) groups is 1. The molecule has 162 valence electrons. The number of anilines is 1. The van der Waals surface area contributed by atoms with Crippen LogP contribution in [0.2, 0.25) is 5.02 Å². The zero-order chi connectivity index (χ0) is 21.5. The maximum atomic E-state index is 12.4. The first kappa shape index (κ1) is 22.2. The Kier molecular flexibility index (Phi) is 7.74. The summed E-state index contributed by atoms with van der Waals surface area (Å²) in [5, 5.41) is 6.95. The molecule has 0 aliphatic carbocycles. The van der Waals surface area contributed by atoms with Crippen LogP contribution in [-0.2, 0) is 4.79 Å². The van der Waals surface area contributed by atoms with E-state index in [0.29, 0.717) is 29.9 Å². The van der Waals surface area contributed by atoms with E-state index in [1.54, 1.807) is 0 Å². The third-order valence-electron chi connectivity index (χ3n) is 5.60. The lowest BCUT2D eigenvalue weighted by molar-refractivity contribution is -0.116. The minimum atomic E-state index is -0.0662. The predicted octanol–water partition coefficient (Wildman–Crippen LogP) is 3.72. The Hall–Kier alpha value is -2.54. The zero-order valence-electron chi connectivity index (χ0n) is 17.9. The molecule has 1 aromatic heterocycles. The van der Waals surface area contributed by atoms with Crippen molar-refractivity contribution < 1.29 is 4.79 Å². The largest absolute Gasteiger partial charge is 0.357 e. The van der Waals surface area contributed by atoms with Crippen molar-refractivity contribution in [2.45, 2.75) is 39.7 Å². The molecule has 0 radical (unpaired) electrons. The Balaban J connectivity index is 1.60. The number of aliphatic imine (C=N–C) groups is 1. The molecule has 2 atom stereocenters. The molecule has 0 spiro atoms. The number of nitrogens with zero attached hydrogens (tertiary/aromatic N) is 4. The molecular weight excluding hydrogens is 400 g/mol. The van der Waals surface area contributed by atoms with Crippen LogP contribution in [0.1, 0.15) is 38.3 Å². The molecule has 1 aromatic carbocycles. The number of likely N-dealkylation sites (tertiary alicyclic amines) is 1. The third kappa shape index (κ3) is 5.53. The van der Waals surface area contributed by atoms with E-state index in [0.717, 1.165) is 43.3 Å². The van der Waals surface area contributed by atoms with E-state index in [1.165, 1.54) is 0 Å². The van der Waals surface area contributed by atoms with Gasteiger partial charge in [-0.05, 0) is 43.9 Å². The average molecular weight is 431 g/mol. The molecular formula is C22H31ClN6O. The summed E-state index contributed by atoms with van der Waals surface area (Å²) >= 11 is 6.13. The number of imidazole rings is 1. The van der Waals surface area contributed by atoms with Crippen molar-refractivity contribution in [3.8, 4) is 0 Å². The molecule has 8 heteroatoms. The van der Waals surface area contributed by atoms with E-state index in [-0.39, 0.29) is 5.91 Å². The van der Waals surface area contributed by atoms with Gasteiger partial charge in [-0.3, -0.25) is 9.79 Å². The van der Waals surface area contributed by atoms with Crippen molar-refractivity contribution in [3.05, 3.63) is 47.5 Å². The minimum Gasteiger partial charge on any atom is -0.357 e. The van der Waals surface area contributed by atoms with E-state index in [2.05, 4.69) is 38.9 Å². The maximum absolute atomic E-state index is 12.4. The van der Waals surface area contributed by atoms with Crippen molar-refractivity contribution in [2.75, 3.05) is 31.5 Å². The molecule has 1 aliphatic rings. The van der Waals surface area contributed by atoms with Gasteiger partial charge in [0.25, 0.3) is 0 Å². The predicted molar refractivity (Wildman–Crippen MR) is 122 cm³/mol. The number of benzene rings is 1. The molecule has 0 bridgehead atoms. The van der Waals surface area contributed by atoms with Crippen LogP contribution in [0.5, 0.6) is 0 Å². The fourth-order valence-electron chi connectivity index (χ4n) is 3.74. The van der Waals surface area contributed by atoms with E-state index < -0.39 is 0 Å². The van der Waals surface area contributed by atoms with E-state index in [1.807, 2.05) is 43.8 Å². The summed E-state index contributed by atoms with van der Waals surface area (Å²) in [4.78, 5) is 23.6. The number of hydrogen-bond donors (Lipinski definition) is 2. The lowest BCUT2D eigenvalue weighted by Crippen LogP contribution is -2.49. The van der Waals surface area contributed by atoms with Crippen molar-refractivity contribution >= 4 is 29.2 Å². The lowest BCUT2D eigenvalue weighted by Gasteiger charge is -2.39. The smallest absolute Gasteiger partial charge is 0.226 e. The number of hydrogen-bond acceptors (Lipinski definition) is 3. The van der Waals surface area contributed by atoms with Gasteiger partial charge in [-0.25, -0.2) is 4.98 Å². The number of piperidine rings is 1. The van der Waals surface area contributed by atoms with Crippen LogP contribution in [0.15, 0.2) is 41.9 Å². The summed E-state index contributed by atoms with van der Waals surface area (Å²) in [5.74, 6) is 1.37. The highest BCUT2D eigenvalue weighted by atomic mass is 35.5. The molecule has 2 heterocycles. The molecule has 2 unspecified atom stereocenters. The average Bonchev–Trinajstić information content (AvgIpc) is 3.26. The summed E-state index contributed by atoms with van der Waals surface area (Å²) in [6, 6.07) is 5.87. The Morgan fingerprint density at radius 1 is 1.40 bits per heavy atom. The van der Waals surface area contributed by atoms with Gasteiger partial charge in [0.15, 0.2) is 5.96 Å². The molecule has 1 amide bonds. The molecule has 1 aliphatic heterocycles. The number of nitrogens with one attached hydrogen (secondary N) is 2. The van der Waals surface area contributed by atoms with Crippen LogP contribution in [0.25, 0.3) is 0 Å². The number of amides is 1. The van der Waals surface area contributed by atoms with Gasteiger partial charge in [-0.1, -0.05) is 24.6 Å². The molecule has 3 rings (SSSR count). The quantitative estimate of drug-likeness (QED) is 0.541. The first-order chi connectivity index (χ1) is 14.5. The first-order valence-electron chi connectivity index (χ1n) is 10.5. The Morgan fingerprint density at radius 3 is 2.97 bits per heavy atom. The van der Waals surface area contributed by atoms with Crippen LogP contribution >= 0.6 is 11.6 Å². The standard InChI is InChI=1S/C22H31ClN6O/c1-4-25-22(28-12-9-16(2)20(14-28)29-13-11-24-15-29)26-10-8-21(30)27-19-7-5-6-18(23)17(19)3/h5-7,11,13,15-16,20H,4,8-10,12,14H2,1-3H3,(H,25,26)(H,27,30). The van der Waals surface area contributed by atoms with Crippen molar-refractivity contribution in [2.24, 2.45) is 10.9 Å². The van der Waals surface area contributed by atoms with Gasteiger partial charge in [0, 0.05) is 49.2 Å². The van der Waals surface area contributed by atoms with Crippen LogP contribution < -0.4 is 10.6 Å². The van der Waals surface area contributed by atoms with Gasteiger partial charge < -0.3 is 20.1 Å². The van der Waals surface area contributed by atoms with E-state index in [4.69, 9.17) is 16.6 Å². The zero-order valence-corrected chi connectivity index (χ0v) is 18.7. The second-order valence-corrected chi connectivity index (χ2v) is 8.14. The highest BCUT2D eigenvalue weighted by molar-refractivity contribution is 6.31. The second-order valence-electron chi connectivity index (χ2n) is 7.74. The fourth-order valence-corrected chi connectivity index (χ4v) is 3.91. The molecule has 2 N–H and O–H groups in total. The van der Waals surface area contributed by atoms with Gasteiger partial charge >= 0.3 is 0 Å². The Morgan fingerprint density at radius 2 is 2.23 bits per heavy atom. The maximum Gasteiger partial charge on any atom is 0.226 e. The van der Waals surface area contributed by atoms with Crippen molar-refractivity contribution in [1.29, 1.82) is 0 Å². The Bertz CT molecular complexity index is 867. The lowest BCUT2D eigenvalue weighted by atomic mass is 9.93. The topological polar surface area (TPSA) is 74.6 Å². The highest BCUT2D eigenvalue weighted by Crippen LogP contribution is 2.27. The third-order valence-corrected chi connectivity index (χ3v) is 6.01. The van der Waals surface area contributed by atoms with Crippen LogP contribution in [0.4, 0.5) is 5.69 Å². The van der Waals surface area contributed by atoms with Gasteiger partial charge in [-0.2, -0.15) is 0 Å². The summed E-state index contributed by atoms with van der Waals surface area (Å²) in [5.41, 5.74) is 1.62. The second kappa shape index (κ2) is 10.5. The number of rotatable bonds is 6. The van der Waals surface area contributed by atoms with Crippen molar-refractivity contribution in [3.63, 3.8) is 0 Å². The van der Waals surface area contributed by atoms with Gasteiger partial charge in [0.2, 0.25) is 5.91 Å². The molecule has 30 heavy (non-hydrogen) atoms. The summed E-state index contributed by atoms with van der Waals surface area (Å²) in [6.07, 6.45) is 7.14. The van der Waals surface area contributed by atoms with E-state index in [9.17, 15) is 4.79 Å². The molecule has 1 fully saturated rings. The summed E-state index contributed by atoms with van der Waals surface area (Å²) in [6.45, 7) is 9.28. The number of aromatic nitrogens is 2. The van der Waals surface area contributed by atoms with Gasteiger partial charge in [0.05, 0.1) is 18.9 Å². The van der Waals surface area contributed by atoms with Gasteiger partial charge in [-0.15, -0.1) is 0 Å². The van der Waals surface area contributed by atoms with Crippen molar-refractivity contribution in [1.82, 2.24) is 19.8 Å². The van der Waals surface area contributed by atoms with Gasteiger partial charge in [0.1, 0.15) is 0 Å². The normalized spacial score (nSPS) is 19.6. The number of carbonyl (C=O) groups excluding carboxylic acids is 1. The summed E-state index contributed by atoms with van der Waals surface area (Å²) < 4.78 is 2.18. The van der Waals surface area contributed by atoms with Crippen LogP contribution in [0, 0.1) is 12.8 Å².